The molecule has 0 spiro atoms. The second-order valence-electron chi connectivity index (χ2n) is 12.7. The SMILES string of the molecule is COC(=O)CNC(=O)CCCCc1c(-c2ccc(C)cc2)c2nc(-c3ccc(C)cc3)c(-c3ccc(C)cc3)nc2n1-c1ccc(C)cc1. The minimum atomic E-state index is -0.464. The fraction of sp³-hybridized carbons (Fsp3) is 0.238. The van der Waals surface area contributed by atoms with E-state index in [-0.39, 0.29) is 12.5 Å². The van der Waals surface area contributed by atoms with Crippen molar-refractivity contribution in [2.45, 2.75) is 53.4 Å². The predicted molar refractivity (Wildman–Crippen MR) is 197 cm³/mol. The third-order valence-electron chi connectivity index (χ3n) is 8.89. The zero-order valence-corrected chi connectivity index (χ0v) is 28.8. The van der Waals surface area contributed by atoms with Gasteiger partial charge in [0.25, 0.3) is 0 Å². The Morgan fingerprint density at radius 2 is 1.14 bits per heavy atom. The summed E-state index contributed by atoms with van der Waals surface area (Å²) in [6, 6.07) is 34.1. The van der Waals surface area contributed by atoms with Crippen molar-refractivity contribution in [3.05, 3.63) is 125 Å². The Morgan fingerprint density at radius 1 is 0.653 bits per heavy atom. The number of nitrogens with one attached hydrogen (secondary N) is 1. The lowest BCUT2D eigenvalue weighted by molar-refractivity contribution is -0.141. The highest BCUT2D eigenvalue weighted by molar-refractivity contribution is 5.98. The molecule has 0 fully saturated rings. The molecule has 0 atom stereocenters. The minimum Gasteiger partial charge on any atom is -0.468 e. The molecule has 4 aromatic carbocycles. The quantitative estimate of drug-likeness (QED) is 0.112. The number of carbonyl (C=O) groups is 2. The van der Waals surface area contributed by atoms with Crippen molar-refractivity contribution in [3.8, 4) is 39.3 Å². The summed E-state index contributed by atoms with van der Waals surface area (Å²) in [5, 5.41) is 2.65. The first kappa shape index (κ1) is 33.3. The van der Waals surface area contributed by atoms with Crippen molar-refractivity contribution in [1.82, 2.24) is 19.9 Å². The molecule has 1 amide bonds. The van der Waals surface area contributed by atoms with Gasteiger partial charge in [0.2, 0.25) is 5.91 Å². The van der Waals surface area contributed by atoms with Crippen molar-refractivity contribution in [2.75, 3.05) is 13.7 Å². The number of benzene rings is 4. The van der Waals surface area contributed by atoms with E-state index >= 15 is 0 Å². The van der Waals surface area contributed by atoms with Crippen LogP contribution in [0.25, 0.3) is 50.5 Å². The number of unbranched alkanes of at least 4 members (excludes halogenated alkanes) is 1. The number of rotatable bonds is 11. The summed E-state index contributed by atoms with van der Waals surface area (Å²) >= 11 is 0. The highest BCUT2D eigenvalue weighted by Crippen LogP contribution is 2.40. The number of esters is 1. The molecule has 0 aliphatic rings. The van der Waals surface area contributed by atoms with Crippen molar-refractivity contribution in [1.29, 1.82) is 0 Å². The van der Waals surface area contributed by atoms with Gasteiger partial charge in [0, 0.05) is 34.5 Å². The van der Waals surface area contributed by atoms with Gasteiger partial charge in [-0.2, -0.15) is 0 Å². The van der Waals surface area contributed by atoms with Gasteiger partial charge < -0.3 is 10.1 Å². The Bertz CT molecular complexity index is 1960. The Balaban J connectivity index is 1.56. The molecular formula is C42H42N4O3. The summed E-state index contributed by atoms with van der Waals surface area (Å²) in [6.45, 7) is 8.23. The van der Waals surface area contributed by atoms with E-state index in [0.29, 0.717) is 19.3 Å². The number of hydrogen-bond acceptors (Lipinski definition) is 5. The summed E-state index contributed by atoms with van der Waals surface area (Å²) in [5.74, 6) is -0.634. The average molecular weight is 651 g/mol. The second-order valence-corrected chi connectivity index (χ2v) is 12.7. The molecule has 0 bridgehead atoms. The molecule has 2 heterocycles. The van der Waals surface area contributed by atoms with E-state index in [1.54, 1.807) is 0 Å². The monoisotopic (exact) mass is 650 g/mol. The van der Waals surface area contributed by atoms with Gasteiger partial charge in [-0.3, -0.25) is 14.2 Å². The van der Waals surface area contributed by atoms with Crippen LogP contribution in [0.4, 0.5) is 0 Å². The van der Waals surface area contributed by atoms with Crippen LogP contribution in [-0.2, 0) is 20.7 Å². The van der Waals surface area contributed by atoms with E-state index in [9.17, 15) is 9.59 Å². The molecule has 248 valence electrons. The zero-order valence-electron chi connectivity index (χ0n) is 28.8. The zero-order chi connectivity index (χ0) is 34.5. The first-order valence-electron chi connectivity index (χ1n) is 16.8. The van der Waals surface area contributed by atoms with Crippen LogP contribution in [0.2, 0.25) is 0 Å². The van der Waals surface area contributed by atoms with Gasteiger partial charge in [-0.1, -0.05) is 107 Å². The van der Waals surface area contributed by atoms with Crippen molar-refractivity contribution >= 4 is 23.0 Å². The number of hydrogen-bond donors (Lipinski definition) is 1. The molecule has 7 heteroatoms. The lowest BCUT2D eigenvalue weighted by atomic mass is 9.99. The maximum atomic E-state index is 12.5. The van der Waals surface area contributed by atoms with E-state index in [0.717, 1.165) is 62.6 Å². The van der Waals surface area contributed by atoms with Crippen LogP contribution in [-0.4, -0.2) is 40.1 Å². The molecule has 7 nitrogen and oxygen atoms in total. The Morgan fingerprint density at radius 3 is 1.67 bits per heavy atom. The standard InChI is InChI=1S/C42H42N4O3/c1-27-10-18-31(19-11-27)38-35(8-6-7-9-36(47)43-26-37(48)49-5)46(34-24-16-30(4)17-25-34)42-41(38)44-39(32-20-12-28(2)13-21-32)40(45-42)33-22-14-29(3)15-23-33/h10-25H,6-9,26H2,1-5H3,(H,43,47). The number of fused-ring (bicyclic) bond motifs is 1. The molecule has 49 heavy (non-hydrogen) atoms. The van der Waals surface area contributed by atoms with E-state index in [1.807, 2.05) is 0 Å². The number of aromatic nitrogens is 3. The van der Waals surface area contributed by atoms with E-state index < -0.39 is 5.97 Å². The summed E-state index contributed by atoms with van der Waals surface area (Å²) in [7, 11) is 1.31. The van der Waals surface area contributed by atoms with Gasteiger partial charge in [-0.05, 0) is 64.7 Å². The topological polar surface area (TPSA) is 86.1 Å². The van der Waals surface area contributed by atoms with Gasteiger partial charge in [0.05, 0.1) is 18.5 Å². The fourth-order valence-electron chi connectivity index (χ4n) is 6.09. The number of methoxy groups -OCH3 is 1. The molecule has 1 N–H and O–H groups in total. The molecule has 6 aromatic rings. The van der Waals surface area contributed by atoms with Crippen LogP contribution >= 0.6 is 0 Å². The number of carbonyl (C=O) groups excluding carboxylic acids is 2. The fourth-order valence-corrected chi connectivity index (χ4v) is 6.09. The number of amides is 1. The van der Waals surface area contributed by atoms with Crippen molar-refractivity contribution < 1.29 is 14.3 Å². The highest BCUT2D eigenvalue weighted by atomic mass is 16.5. The molecular weight excluding hydrogens is 608 g/mol. The smallest absolute Gasteiger partial charge is 0.325 e. The van der Waals surface area contributed by atoms with Crippen LogP contribution < -0.4 is 5.32 Å². The molecule has 0 unspecified atom stereocenters. The summed E-state index contributed by atoms with van der Waals surface area (Å²) < 4.78 is 6.91. The van der Waals surface area contributed by atoms with Crippen LogP contribution in [0, 0.1) is 27.7 Å². The first-order valence-corrected chi connectivity index (χ1v) is 16.8. The number of ether oxygens (including phenoxy) is 1. The number of nitrogens with zero attached hydrogens (tertiary/aromatic N) is 3. The lowest BCUT2D eigenvalue weighted by Gasteiger charge is -2.14. The highest BCUT2D eigenvalue weighted by Gasteiger charge is 2.25. The van der Waals surface area contributed by atoms with Gasteiger partial charge >= 0.3 is 5.97 Å². The third kappa shape index (κ3) is 7.46. The Kier molecular flexibility index (Phi) is 10.00. The molecule has 6 rings (SSSR count). The summed E-state index contributed by atoms with van der Waals surface area (Å²) in [4.78, 5) is 35.0. The van der Waals surface area contributed by atoms with Crippen molar-refractivity contribution in [2.24, 2.45) is 0 Å². The minimum absolute atomic E-state index is 0.126. The molecule has 0 aliphatic carbocycles. The van der Waals surface area contributed by atoms with E-state index in [4.69, 9.17) is 9.97 Å². The van der Waals surface area contributed by atoms with Crippen LogP contribution in [0.15, 0.2) is 97.1 Å². The molecule has 0 radical (unpaired) electrons. The van der Waals surface area contributed by atoms with Gasteiger partial charge in [0.15, 0.2) is 5.65 Å². The van der Waals surface area contributed by atoms with Crippen molar-refractivity contribution in [3.63, 3.8) is 0 Å². The van der Waals surface area contributed by atoms with E-state index in [2.05, 4.69) is 139 Å². The average Bonchev–Trinajstić information content (AvgIpc) is 3.42. The maximum Gasteiger partial charge on any atom is 0.325 e. The van der Waals surface area contributed by atoms with Crippen LogP contribution in [0.1, 0.15) is 47.2 Å². The first-order chi connectivity index (χ1) is 23.7. The molecule has 0 saturated heterocycles. The number of aryl methyl sites for hydroxylation is 4. The summed E-state index contributed by atoms with van der Waals surface area (Å²) in [6.07, 6.45) is 2.41. The maximum absolute atomic E-state index is 12.5. The second kappa shape index (κ2) is 14.7. The molecule has 0 saturated carbocycles. The van der Waals surface area contributed by atoms with Gasteiger partial charge in [-0.25, -0.2) is 9.97 Å². The van der Waals surface area contributed by atoms with E-state index in [1.165, 1.54) is 29.4 Å². The van der Waals surface area contributed by atoms with Gasteiger partial charge in [-0.15, -0.1) is 0 Å². The Labute approximate surface area is 288 Å². The summed E-state index contributed by atoms with van der Waals surface area (Å²) in [5.41, 5.74) is 14.2. The van der Waals surface area contributed by atoms with Gasteiger partial charge in [0.1, 0.15) is 12.1 Å². The largest absolute Gasteiger partial charge is 0.468 e. The predicted octanol–water partition coefficient (Wildman–Crippen LogP) is 8.66. The molecule has 2 aromatic heterocycles. The van der Waals surface area contributed by atoms with Crippen LogP contribution in [0.5, 0.6) is 0 Å². The van der Waals surface area contributed by atoms with Crippen LogP contribution in [0.3, 0.4) is 0 Å². The third-order valence-corrected chi connectivity index (χ3v) is 8.89. The lowest BCUT2D eigenvalue weighted by Crippen LogP contribution is -2.29. The Hall–Kier alpha value is -5.56. The molecule has 0 aliphatic heterocycles. The normalized spacial score (nSPS) is 11.1.